The van der Waals surface area contributed by atoms with Crippen LogP contribution >= 0.6 is 0 Å². The van der Waals surface area contributed by atoms with E-state index in [4.69, 9.17) is 4.74 Å². The fourth-order valence-corrected chi connectivity index (χ4v) is 9.91. The molecule has 2 aromatic heterocycles. The first-order chi connectivity index (χ1) is 29.9. The highest BCUT2D eigenvalue weighted by Crippen LogP contribution is 2.44. The van der Waals surface area contributed by atoms with Gasteiger partial charge in [-0.3, -0.25) is 9.59 Å². The normalized spacial score (nSPS) is 18.2. The van der Waals surface area contributed by atoms with Crippen LogP contribution in [0.15, 0.2) is 133 Å². The summed E-state index contributed by atoms with van der Waals surface area (Å²) in [5, 5.41) is 1.93. The number of carbonyl (C=O) groups excluding carboxylic acids is 4. The van der Waals surface area contributed by atoms with E-state index in [0.29, 0.717) is 50.8 Å². The van der Waals surface area contributed by atoms with Crippen LogP contribution in [0, 0.1) is 16.6 Å². The number of hydrogen-bond donors (Lipinski definition) is 0. The molecular formula is C52H49FN4O5. The second kappa shape index (κ2) is 16.2. The first-order valence-electron chi connectivity index (χ1n) is 21.3. The number of anilines is 2. The van der Waals surface area contributed by atoms with Gasteiger partial charge in [-0.2, -0.15) is 0 Å². The molecule has 9 nitrogen and oxygen atoms in total. The highest BCUT2D eigenvalue weighted by molar-refractivity contribution is 6.00. The Labute approximate surface area is 360 Å². The number of halogens is 1. The summed E-state index contributed by atoms with van der Waals surface area (Å²) in [5.74, 6) is -1.70. The number of fused-ring (bicyclic) bond motifs is 6. The maximum Gasteiger partial charge on any atom is 0.333 e. The van der Waals surface area contributed by atoms with Crippen molar-refractivity contribution in [2.24, 2.45) is 10.8 Å². The van der Waals surface area contributed by atoms with Crippen molar-refractivity contribution in [3.8, 4) is 0 Å². The molecule has 314 valence electrons. The smallest absolute Gasteiger partial charge is 0.333 e. The van der Waals surface area contributed by atoms with Gasteiger partial charge in [-0.05, 0) is 104 Å². The van der Waals surface area contributed by atoms with Gasteiger partial charge in [0.2, 0.25) is 11.8 Å². The molecule has 0 bridgehead atoms. The van der Waals surface area contributed by atoms with Gasteiger partial charge in [0, 0.05) is 51.6 Å². The average molecular weight is 829 g/mol. The van der Waals surface area contributed by atoms with Crippen molar-refractivity contribution >= 4 is 56.9 Å². The third kappa shape index (κ3) is 7.48. The molecule has 0 saturated heterocycles. The maximum absolute atomic E-state index is 14.7. The van der Waals surface area contributed by atoms with E-state index < -0.39 is 22.8 Å². The van der Waals surface area contributed by atoms with E-state index in [9.17, 15) is 23.6 Å². The van der Waals surface area contributed by atoms with Crippen molar-refractivity contribution in [2.75, 3.05) is 16.8 Å². The number of carbonyl (C=O) groups is 4. The van der Waals surface area contributed by atoms with Crippen molar-refractivity contribution < 1.29 is 28.3 Å². The van der Waals surface area contributed by atoms with Crippen LogP contribution in [0.3, 0.4) is 0 Å². The zero-order valence-corrected chi connectivity index (χ0v) is 35.3. The van der Waals surface area contributed by atoms with Crippen molar-refractivity contribution in [1.29, 1.82) is 0 Å². The van der Waals surface area contributed by atoms with Gasteiger partial charge in [0.15, 0.2) is 0 Å². The third-order valence-corrected chi connectivity index (χ3v) is 13.2. The van der Waals surface area contributed by atoms with Crippen LogP contribution in [0.4, 0.5) is 15.8 Å². The number of aromatic nitrogens is 2. The van der Waals surface area contributed by atoms with Gasteiger partial charge in [0.1, 0.15) is 18.9 Å². The number of esters is 2. The molecule has 62 heavy (non-hydrogen) atoms. The summed E-state index contributed by atoms with van der Waals surface area (Å²) < 4.78 is 23.1. The second-order valence-corrected chi connectivity index (χ2v) is 17.4. The van der Waals surface area contributed by atoms with E-state index in [1.54, 1.807) is 24.1 Å². The molecule has 5 aromatic carbocycles. The van der Waals surface area contributed by atoms with Crippen LogP contribution in [0.25, 0.3) is 21.8 Å². The summed E-state index contributed by atoms with van der Waals surface area (Å²) in [6, 6.07) is 41.4. The summed E-state index contributed by atoms with van der Waals surface area (Å²) in [6.45, 7) is 4.15. The highest BCUT2D eigenvalue weighted by Gasteiger charge is 2.43. The Hall–Kier alpha value is -6.81. The van der Waals surface area contributed by atoms with Crippen LogP contribution in [0.5, 0.6) is 0 Å². The van der Waals surface area contributed by atoms with E-state index >= 15 is 0 Å². The number of amides is 2. The fraction of sp³-hybridized carbons (Fsp3) is 0.269. The molecule has 2 unspecified atom stereocenters. The predicted molar refractivity (Wildman–Crippen MR) is 239 cm³/mol. The Kier molecular flexibility index (Phi) is 10.6. The molecule has 2 aliphatic carbocycles. The second-order valence-electron chi connectivity index (χ2n) is 17.4. The van der Waals surface area contributed by atoms with Gasteiger partial charge < -0.3 is 23.7 Å². The molecule has 2 aliphatic rings. The number of benzene rings is 5. The van der Waals surface area contributed by atoms with Crippen molar-refractivity contribution in [3.63, 3.8) is 0 Å². The van der Waals surface area contributed by atoms with Gasteiger partial charge in [0.05, 0.1) is 17.4 Å². The zero-order chi connectivity index (χ0) is 43.2. The Morgan fingerprint density at radius 2 is 1.06 bits per heavy atom. The topological polar surface area (TPSA) is 93.9 Å². The predicted octanol–water partition coefficient (Wildman–Crippen LogP) is 9.39. The van der Waals surface area contributed by atoms with Crippen molar-refractivity contribution in [1.82, 2.24) is 9.13 Å². The number of para-hydroxylation sites is 3. The van der Waals surface area contributed by atoms with E-state index in [0.717, 1.165) is 55.6 Å². The molecule has 0 radical (unpaired) electrons. The summed E-state index contributed by atoms with van der Waals surface area (Å²) >= 11 is 0. The Bertz CT molecular complexity index is 2850. The van der Waals surface area contributed by atoms with Crippen molar-refractivity contribution in [2.45, 2.75) is 72.0 Å². The first kappa shape index (κ1) is 40.6. The van der Waals surface area contributed by atoms with Gasteiger partial charge in [-0.25, -0.2) is 14.0 Å². The largest absolute Gasteiger partial charge is 0.390 e. The minimum absolute atomic E-state index is 0.0494. The maximum atomic E-state index is 14.7. The molecular weight excluding hydrogens is 780 g/mol. The first-order valence-corrected chi connectivity index (χ1v) is 21.3. The van der Waals surface area contributed by atoms with Gasteiger partial charge >= 0.3 is 11.9 Å². The minimum Gasteiger partial charge on any atom is -0.390 e. The Balaban J connectivity index is 0.929. The van der Waals surface area contributed by atoms with E-state index in [1.165, 1.54) is 12.1 Å². The molecule has 0 spiro atoms. The Morgan fingerprint density at radius 3 is 1.60 bits per heavy atom. The lowest BCUT2D eigenvalue weighted by Gasteiger charge is -2.38. The molecule has 0 fully saturated rings. The van der Waals surface area contributed by atoms with E-state index in [1.807, 2.05) is 137 Å². The lowest BCUT2D eigenvalue weighted by molar-refractivity contribution is -0.160. The summed E-state index contributed by atoms with van der Waals surface area (Å²) in [6.07, 6.45) is 3.21. The lowest BCUT2D eigenvalue weighted by atomic mass is 9.73. The monoisotopic (exact) mass is 828 g/mol. The molecule has 0 aliphatic heterocycles. The van der Waals surface area contributed by atoms with Gasteiger partial charge in [-0.1, -0.05) is 98.8 Å². The van der Waals surface area contributed by atoms with E-state index in [2.05, 4.69) is 0 Å². The van der Waals surface area contributed by atoms with Crippen molar-refractivity contribution in [3.05, 3.63) is 167 Å². The molecule has 9 rings (SSSR count). The number of rotatable bonds is 10. The van der Waals surface area contributed by atoms with Gasteiger partial charge in [-0.15, -0.1) is 0 Å². The molecule has 10 heteroatoms. The van der Waals surface area contributed by atoms with E-state index in [-0.39, 0.29) is 30.7 Å². The Morgan fingerprint density at radius 1 is 0.597 bits per heavy atom. The summed E-state index contributed by atoms with van der Waals surface area (Å²) in [7, 11) is 1.71. The third-order valence-electron chi connectivity index (χ3n) is 13.2. The number of ether oxygens (including phenoxy) is 1. The van der Waals surface area contributed by atoms with Gasteiger partial charge in [0.25, 0.3) is 0 Å². The molecule has 7 aromatic rings. The minimum atomic E-state index is -0.728. The molecule has 0 saturated carbocycles. The lowest BCUT2D eigenvalue weighted by Crippen LogP contribution is -2.45. The molecule has 2 amide bonds. The van der Waals surface area contributed by atoms with Crippen LogP contribution in [-0.2, 0) is 69.2 Å². The van der Waals surface area contributed by atoms with Crippen LogP contribution < -0.4 is 9.80 Å². The number of nitrogens with zero attached hydrogens (tertiary/aromatic N) is 4. The number of hydrogen-bond acceptors (Lipinski definition) is 5. The van der Waals surface area contributed by atoms with Crippen LogP contribution in [-0.4, -0.2) is 39.9 Å². The SMILES string of the molecule is CN(C(=O)C1(C)CCc2c(c3ccccc3n2CC(=O)OC(=O)Cn2c3c(c4ccccc42)CC(C)(C(=O)N(Cc2ccccc2)c2ccccc2)CC3)C1)c1ccc(F)cc1. The quantitative estimate of drug-likeness (QED) is 0.101. The van der Waals surface area contributed by atoms with Crippen LogP contribution in [0.1, 0.15) is 54.8 Å². The van der Waals surface area contributed by atoms with Crippen LogP contribution in [0.2, 0.25) is 0 Å². The summed E-state index contributed by atoms with van der Waals surface area (Å²) in [5.41, 5.74) is 6.72. The molecule has 2 heterocycles. The summed E-state index contributed by atoms with van der Waals surface area (Å²) in [4.78, 5) is 59.6. The average Bonchev–Trinajstić information content (AvgIpc) is 3.75. The molecule has 0 N–H and O–H groups in total. The fourth-order valence-electron chi connectivity index (χ4n) is 9.91. The molecule has 2 atom stereocenters. The highest BCUT2D eigenvalue weighted by atomic mass is 19.1. The standard InChI is InChI=1S/C52H49FN4O5/c1-51(49(60)54(3)37-24-22-36(53)23-25-37)28-26-45-41(30-51)39-18-10-12-20-43(39)56(45)33-47(58)62-48(59)34-57-44-21-13-11-19-40(44)42-31-52(2,29-27-46(42)57)50(61)55(38-16-8-5-9-17-38)32-35-14-6-4-7-15-35/h4-25H,26-34H2,1-3H3. The zero-order valence-electron chi connectivity index (χ0n) is 35.3.